The van der Waals surface area contributed by atoms with Crippen molar-refractivity contribution in [3.63, 3.8) is 0 Å². The Morgan fingerprint density at radius 3 is 2.85 bits per heavy atom. The first kappa shape index (κ1) is 16.5. The molecule has 0 fully saturated rings. The molecule has 0 aliphatic rings. The Morgan fingerprint density at radius 2 is 1.96 bits per heavy atom. The van der Waals surface area contributed by atoms with Gasteiger partial charge >= 0.3 is 0 Å². The van der Waals surface area contributed by atoms with Crippen LogP contribution in [0.1, 0.15) is 5.56 Å². The largest absolute Gasteiger partial charge is 0.504 e. The highest BCUT2D eigenvalue weighted by atomic mass is 16.5. The van der Waals surface area contributed by atoms with Crippen LogP contribution < -0.4 is 10.2 Å². The zero-order valence-electron chi connectivity index (χ0n) is 14.4. The first-order valence-electron chi connectivity index (χ1n) is 8.19. The van der Waals surface area contributed by atoms with Crippen LogP contribution in [0.25, 0.3) is 16.5 Å². The zero-order chi connectivity index (χ0) is 18.6. The molecule has 8 nitrogen and oxygen atoms in total. The summed E-state index contributed by atoms with van der Waals surface area (Å²) in [6, 6.07) is 18.9. The number of methoxy groups -OCH3 is 1. The lowest BCUT2D eigenvalue weighted by molar-refractivity contribution is 0.373. The molecule has 3 aromatic carbocycles. The lowest BCUT2D eigenvalue weighted by Gasteiger charge is -2.07. The molecular weight excluding hydrogens is 344 g/mol. The molecule has 0 bridgehead atoms. The van der Waals surface area contributed by atoms with Crippen molar-refractivity contribution in [1.29, 1.82) is 0 Å². The average Bonchev–Trinajstić information content (AvgIpc) is 3.17. The molecule has 134 valence electrons. The van der Waals surface area contributed by atoms with E-state index in [2.05, 4.69) is 26.1 Å². The SMILES string of the molecule is COc1cc(/C=N\Nc2nnnn2-c2cccc3ccccc23)ccc1O. The lowest BCUT2D eigenvalue weighted by atomic mass is 10.1. The molecule has 0 saturated carbocycles. The third-order valence-corrected chi connectivity index (χ3v) is 4.05. The minimum atomic E-state index is 0.0718. The molecule has 2 N–H and O–H groups in total. The fourth-order valence-electron chi connectivity index (χ4n) is 2.75. The summed E-state index contributed by atoms with van der Waals surface area (Å²) >= 11 is 0. The van der Waals surface area contributed by atoms with E-state index in [1.54, 1.807) is 29.1 Å². The number of hydrogen-bond donors (Lipinski definition) is 2. The van der Waals surface area contributed by atoms with Crippen molar-refractivity contribution >= 4 is 22.9 Å². The summed E-state index contributed by atoms with van der Waals surface area (Å²) in [5, 5.41) is 27.7. The zero-order valence-corrected chi connectivity index (χ0v) is 14.4. The van der Waals surface area contributed by atoms with Crippen LogP contribution in [0, 0.1) is 0 Å². The van der Waals surface area contributed by atoms with Crippen LogP contribution in [0.3, 0.4) is 0 Å². The maximum Gasteiger partial charge on any atom is 0.268 e. The van der Waals surface area contributed by atoms with Gasteiger partial charge in [0.25, 0.3) is 5.95 Å². The molecule has 0 saturated heterocycles. The maximum absolute atomic E-state index is 9.64. The van der Waals surface area contributed by atoms with Gasteiger partial charge < -0.3 is 9.84 Å². The van der Waals surface area contributed by atoms with Crippen LogP contribution >= 0.6 is 0 Å². The van der Waals surface area contributed by atoms with Crippen molar-refractivity contribution in [2.24, 2.45) is 5.10 Å². The third kappa shape index (κ3) is 3.28. The van der Waals surface area contributed by atoms with Gasteiger partial charge in [-0.1, -0.05) is 41.5 Å². The maximum atomic E-state index is 9.64. The van der Waals surface area contributed by atoms with E-state index < -0.39 is 0 Å². The smallest absolute Gasteiger partial charge is 0.268 e. The van der Waals surface area contributed by atoms with Gasteiger partial charge in [-0.15, -0.1) is 0 Å². The van der Waals surface area contributed by atoms with Gasteiger partial charge in [-0.05, 0) is 45.6 Å². The van der Waals surface area contributed by atoms with Crippen LogP contribution in [0.2, 0.25) is 0 Å². The number of hydrogen-bond acceptors (Lipinski definition) is 7. The first-order chi connectivity index (χ1) is 13.3. The number of phenolic OH excluding ortho intramolecular Hbond substituents is 1. The minimum absolute atomic E-state index is 0.0718. The van der Waals surface area contributed by atoms with E-state index in [9.17, 15) is 5.11 Å². The second kappa shape index (κ2) is 7.12. The van der Waals surface area contributed by atoms with Crippen molar-refractivity contribution in [2.45, 2.75) is 0 Å². The molecule has 27 heavy (non-hydrogen) atoms. The molecule has 0 unspecified atom stereocenters. The van der Waals surface area contributed by atoms with Gasteiger partial charge in [-0.3, -0.25) is 0 Å². The molecule has 0 atom stereocenters. The van der Waals surface area contributed by atoms with Gasteiger partial charge in [0.15, 0.2) is 11.5 Å². The lowest BCUT2D eigenvalue weighted by Crippen LogP contribution is -2.04. The second-order valence-corrected chi connectivity index (χ2v) is 5.71. The van der Waals surface area contributed by atoms with Crippen LogP contribution in [0.4, 0.5) is 5.95 Å². The number of aromatic nitrogens is 4. The van der Waals surface area contributed by atoms with Crippen molar-refractivity contribution in [3.8, 4) is 17.2 Å². The topological polar surface area (TPSA) is 97.5 Å². The Hall–Kier alpha value is -3.94. The summed E-state index contributed by atoms with van der Waals surface area (Å²) in [6.45, 7) is 0. The third-order valence-electron chi connectivity index (χ3n) is 4.05. The summed E-state index contributed by atoms with van der Waals surface area (Å²) in [4.78, 5) is 0. The van der Waals surface area contributed by atoms with E-state index in [1.165, 1.54) is 7.11 Å². The Balaban J connectivity index is 1.61. The number of tetrazole rings is 1. The number of fused-ring (bicyclic) bond motifs is 1. The Morgan fingerprint density at radius 1 is 1.11 bits per heavy atom. The van der Waals surface area contributed by atoms with E-state index in [-0.39, 0.29) is 5.75 Å². The van der Waals surface area contributed by atoms with Gasteiger partial charge in [0.05, 0.1) is 19.0 Å². The van der Waals surface area contributed by atoms with Gasteiger partial charge in [0.2, 0.25) is 0 Å². The van der Waals surface area contributed by atoms with E-state index >= 15 is 0 Å². The van der Waals surface area contributed by atoms with Gasteiger partial charge in [0, 0.05) is 5.39 Å². The fourth-order valence-corrected chi connectivity index (χ4v) is 2.75. The number of nitrogens with one attached hydrogen (secondary N) is 1. The molecule has 0 aliphatic carbocycles. The number of ether oxygens (including phenoxy) is 1. The number of nitrogens with zero attached hydrogens (tertiary/aromatic N) is 5. The van der Waals surface area contributed by atoms with Crippen molar-refractivity contribution in [1.82, 2.24) is 20.2 Å². The van der Waals surface area contributed by atoms with Gasteiger partial charge in [-0.2, -0.15) is 9.78 Å². The molecule has 1 aromatic heterocycles. The summed E-state index contributed by atoms with van der Waals surface area (Å²) < 4.78 is 6.68. The summed E-state index contributed by atoms with van der Waals surface area (Å²) in [7, 11) is 1.49. The number of hydrazone groups is 1. The normalized spacial score (nSPS) is 11.1. The molecule has 0 amide bonds. The van der Waals surface area contributed by atoms with Crippen LogP contribution in [0.15, 0.2) is 65.8 Å². The quantitative estimate of drug-likeness (QED) is 0.419. The number of benzene rings is 3. The van der Waals surface area contributed by atoms with Gasteiger partial charge in [0.1, 0.15) is 0 Å². The second-order valence-electron chi connectivity index (χ2n) is 5.71. The predicted molar refractivity (Wildman–Crippen MR) is 103 cm³/mol. The van der Waals surface area contributed by atoms with Gasteiger partial charge in [-0.25, -0.2) is 5.43 Å². The molecule has 0 aliphatic heterocycles. The highest BCUT2D eigenvalue weighted by Gasteiger charge is 2.10. The van der Waals surface area contributed by atoms with Crippen LogP contribution in [-0.2, 0) is 0 Å². The standard InChI is InChI=1S/C19H16N6O2/c1-27-18-11-13(9-10-17(18)26)12-20-21-19-22-23-24-25(19)16-8-4-6-14-5-2-3-7-15(14)16/h2-12,26H,1H3,(H,21,22,24)/b20-12-. The Labute approximate surface area is 154 Å². The van der Waals surface area contributed by atoms with Crippen molar-refractivity contribution < 1.29 is 9.84 Å². The number of rotatable bonds is 5. The van der Waals surface area contributed by atoms with Crippen LogP contribution in [0.5, 0.6) is 11.5 Å². The first-order valence-corrected chi connectivity index (χ1v) is 8.19. The van der Waals surface area contributed by atoms with Crippen LogP contribution in [-0.4, -0.2) is 38.6 Å². The minimum Gasteiger partial charge on any atom is -0.504 e. The Bertz CT molecular complexity index is 1120. The molecule has 4 rings (SSSR count). The van der Waals surface area contributed by atoms with Crippen molar-refractivity contribution in [2.75, 3.05) is 12.5 Å². The van der Waals surface area contributed by atoms with E-state index in [0.717, 1.165) is 22.0 Å². The molecule has 4 aromatic rings. The molecule has 0 spiro atoms. The van der Waals surface area contributed by atoms with E-state index in [0.29, 0.717) is 11.7 Å². The summed E-state index contributed by atoms with van der Waals surface area (Å²) in [5.74, 6) is 0.829. The summed E-state index contributed by atoms with van der Waals surface area (Å²) in [6.07, 6.45) is 1.59. The average molecular weight is 360 g/mol. The highest BCUT2D eigenvalue weighted by molar-refractivity contribution is 5.90. The monoisotopic (exact) mass is 360 g/mol. The van der Waals surface area contributed by atoms with E-state index in [4.69, 9.17) is 4.74 Å². The highest BCUT2D eigenvalue weighted by Crippen LogP contribution is 2.26. The number of aromatic hydroxyl groups is 1. The van der Waals surface area contributed by atoms with Crippen molar-refractivity contribution in [3.05, 3.63) is 66.2 Å². The van der Waals surface area contributed by atoms with E-state index in [1.807, 2.05) is 42.5 Å². The molecular formula is C19H16N6O2. The summed E-state index contributed by atoms with van der Waals surface area (Å²) in [5.41, 5.74) is 4.45. The fraction of sp³-hybridized carbons (Fsp3) is 0.0526. The Kier molecular flexibility index (Phi) is 4.36. The predicted octanol–water partition coefficient (Wildman–Crippen LogP) is 2.98. The number of anilines is 1. The molecule has 0 radical (unpaired) electrons. The number of phenols is 1. The molecule has 1 heterocycles. The molecule has 8 heteroatoms.